The zero-order chi connectivity index (χ0) is 18.9. The largest absolute Gasteiger partial charge is 0.354 e. The van der Waals surface area contributed by atoms with Gasteiger partial charge in [0.15, 0.2) is 0 Å². The summed E-state index contributed by atoms with van der Waals surface area (Å²) < 4.78 is 26.7. The van der Waals surface area contributed by atoms with Gasteiger partial charge in [0.05, 0.1) is 11.4 Å². The van der Waals surface area contributed by atoms with Gasteiger partial charge in [-0.05, 0) is 44.0 Å². The molecule has 2 unspecified atom stereocenters. The van der Waals surface area contributed by atoms with Gasteiger partial charge in [-0.2, -0.15) is 4.31 Å². The van der Waals surface area contributed by atoms with Crippen LogP contribution in [-0.2, 0) is 14.8 Å². The monoisotopic (exact) mass is 416 g/mol. The van der Waals surface area contributed by atoms with Crippen molar-refractivity contribution in [2.75, 3.05) is 32.7 Å². The highest BCUT2D eigenvalue weighted by molar-refractivity contribution is 7.89. The molecule has 1 aromatic carbocycles. The Labute approximate surface area is 165 Å². The molecule has 2 saturated heterocycles. The molecule has 0 aliphatic carbocycles. The highest BCUT2D eigenvalue weighted by atomic mass is 35.5. The fraction of sp³-hybridized carbons (Fsp3) is 0.529. The molecule has 3 N–H and O–H groups in total. The molecule has 10 heteroatoms. The van der Waals surface area contributed by atoms with Crippen LogP contribution in [0.3, 0.4) is 0 Å². The van der Waals surface area contributed by atoms with Gasteiger partial charge in [0.1, 0.15) is 0 Å². The summed E-state index contributed by atoms with van der Waals surface area (Å²) in [5.74, 6) is -0.250. The van der Waals surface area contributed by atoms with E-state index in [1.165, 1.54) is 12.1 Å². The van der Waals surface area contributed by atoms with Crippen LogP contribution >= 0.6 is 12.4 Å². The number of sulfonamides is 1. The van der Waals surface area contributed by atoms with E-state index in [9.17, 15) is 18.0 Å². The fourth-order valence-corrected chi connectivity index (χ4v) is 4.96. The molecule has 2 heterocycles. The van der Waals surface area contributed by atoms with Crippen LogP contribution in [0.2, 0.25) is 0 Å². The van der Waals surface area contributed by atoms with Gasteiger partial charge >= 0.3 is 0 Å². The number of piperazine rings is 1. The van der Waals surface area contributed by atoms with Crippen LogP contribution in [0.25, 0.3) is 0 Å². The molecule has 2 amide bonds. The Bertz CT molecular complexity index is 817. The van der Waals surface area contributed by atoms with Crippen molar-refractivity contribution in [2.24, 2.45) is 11.7 Å². The number of benzene rings is 1. The van der Waals surface area contributed by atoms with Crippen LogP contribution in [0, 0.1) is 5.92 Å². The summed E-state index contributed by atoms with van der Waals surface area (Å²) in [5.41, 5.74) is 6.05. The van der Waals surface area contributed by atoms with E-state index in [0.717, 1.165) is 10.7 Å². The maximum Gasteiger partial charge on any atom is 0.254 e. The maximum atomic E-state index is 12.8. The Kier molecular flexibility index (Phi) is 6.85. The van der Waals surface area contributed by atoms with E-state index in [2.05, 4.69) is 5.32 Å². The Morgan fingerprint density at radius 3 is 2.74 bits per heavy atom. The van der Waals surface area contributed by atoms with Crippen molar-refractivity contribution >= 4 is 34.2 Å². The normalized spacial score (nSPS) is 23.6. The van der Waals surface area contributed by atoms with Crippen molar-refractivity contribution < 1.29 is 18.0 Å². The summed E-state index contributed by atoms with van der Waals surface area (Å²) in [4.78, 5) is 26.1. The second-order valence-electron chi connectivity index (χ2n) is 6.86. The van der Waals surface area contributed by atoms with Gasteiger partial charge in [-0.15, -0.1) is 12.4 Å². The number of amides is 2. The van der Waals surface area contributed by atoms with Crippen LogP contribution in [-0.4, -0.2) is 68.2 Å². The lowest BCUT2D eigenvalue weighted by molar-refractivity contribution is -0.122. The van der Waals surface area contributed by atoms with Crippen LogP contribution in [0.1, 0.15) is 23.7 Å². The van der Waals surface area contributed by atoms with Gasteiger partial charge in [-0.1, -0.05) is 6.07 Å². The Morgan fingerprint density at radius 1 is 1.37 bits per heavy atom. The lowest BCUT2D eigenvalue weighted by Gasteiger charge is -2.26. The average molecular weight is 417 g/mol. The topological polar surface area (TPSA) is 113 Å². The minimum Gasteiger partial charge on any atom is -0.354 e. The van der Waals surface area contributed by atoms with Crippen molar-refractivity contribution in [3.05, 3.63) is 29.8 Å². The van der Waals surface area contributed by atoms with E-state index < -0.39 is 10.0 Å². The predicted octanol–water partition coefficient (Wildman–Crippen LogP) is 0.0382. The molecule has 150 valence electrons. The quantitative estimate of drug-likeness (QED) is 0.719. The Morgan fingerprint density at radius 2 is 2.11 bits per heavy atom. The predicted molar refractivity (Wildman–Crippen MR) is 103 cm³/mol. The van der Waals surface area contributed by atoms with E-state index >= 15 is 0 Å². The molecule has 0 bridgehead atoms. The van der Waals surface area contributed by atoms with Crippen molar-refractivity contribution in [1.82, 2.24) is 14.5 Å². The van der Waals surface area contributed by atoms with Gasteiger partial charge in [0.2, 0.25) is 15.9 Å². The SMILES string of the molecule is CC1CC(CN)CN1C(=O)c1cccc(S(=O)(=O)N2CCNC(=O)C2)c1.Cl. The third kappa shape index (κ3) is 4.43. The summed E-state index contributed by atoms with van der Waals surface area (Å²) in [6.07, 6.45) is 0.850. The second kappa shape index (κ2) is 8.55. The molecule has 8 nitrogen and oxygen atoms in total. The molecule has 0 spiro atoms. The number of hydrogen-bond acceptors (Lipinski definition) is 5. The number of hydrogen-bond donors (Lipinski definition) is 2. The first-order chi connectivity index (χ1) is 12.3. The molecule has 0 aromatic heterocycles. The molecule has 27 heavy (non-hydrogen) atoms. The molecular weight excluding hydrogens is 392 g/mol. The molecule has 2 atom stereocenters. The summed E-state index contributed by atoms with van der Waals surface area (Å²) in [6.45, 7) is 3.37. The number of nitrogens with zero attached hydrogens (tertiary/aromatic N) is 2. The number of carbonyl (C=O) groups is 2. The highest BCUT2D eigenvalue weighted by Crippen LogP contribution is 2.25. The van der Waals surface area contributed by atoms with Gasteiger partial charge in [-0.3, -0.25) is 9.59 Å². The lowest BCUT2D eigenvalue weighted by Crippen LogP contribution is -2.49. The van der Waals surface area contributed by atoms with Crippen LogP contribution in [0.15, 0.2) is 29.2 Å². The third-order valence-electron chi connectivity index (χ3n) is 4.98. The van der Waals surface area contributed by atoms with Crippen LogP contribution < -0.4 is 11.1 Å². The lowest BCUT2D eigenvalue weighted by atomic mass is 10.1. The molecule has 2 fully saturated rings. The van der Waals surface area contributed by atoms with E-state index in [-0.39, 0.29) is 60.7 Å². The zero-order valence-corrected chi connectivity index (χ0v) is 16.8. The van der Waals surface area contributed by atoms with Crippen molar-refractivity contribution in [3.8, 4) is 0 Å². The molecule has 3 rings (SSSR count). The average Bonchev–Trinajstić information content (AvgIpc) is 3.02. The van der Waals surface area contributed by atoms with Crippen molar-refractivity contribution in [3.63, 3.8) is 0 Å². The number of nitrogens with two attached hydrogens (primary N) is 1. The molecular formula is C17H25ClN4O4S. The zero-order valence-electron chi connectivity index (χ0n) is 15.1. The smallest absolute Gasteiger partial charge is 0.254 e. The summed E-state index contributed by atoms with van der Waals surface area (Å²) in [7, 11) is -3.82. The molecule has 0 saturated carbocycles. The number of nitrogens with one attached hydrogen (secondary N) is 1. The Balaban J connectivity index is 0.00000261. The molecule has 2 aliphatic rings. The molecule has 0 radical (unpaired) electrons. The van der Waals surface area contributed by atoms with Gasteiger partial charge < -0.3 is 16.0 Å². The molecule has 2 aliphatic heterocycles. The number of likely N-dealkylation sites (tertiary alicyclic amines) is 1. The minimum absolute atomic E-state index is 0. The van der Waals surface area contributed by atoms with E-state index in [0.29, 0.717) is 18.7 Å². The Hall–Kier alpha value is -1.68. The number of carbonyl (C=O) groups excluding carboxylic acids is 2. The fourth-order valence-electron chi connectivity index (χ4n) is 3.52. The summed E-state index contributed by atoms with van der Waals surface area (Å²) in [6, 6.07) is 6.10. The summed E-state index contributed by atoms with van der Waals surface area (Å²) in [5, 5.41) is 2.60. The third-order valence-corrected chi connectivity index (χ3v) is 6.82. The van der Waals surface area contributed by atoms with Crippen LogP contribution in [0.4, 0.5) is 0 Å². The second-order valence-corrected chi connectivity index (χ2v) is 8.80. The first kappa shape index (κ1) is 21.6. The first-order valence-electron chi connectivity index (χ1n) is 8.71. The molecule has 1 aromatic rings. The van der Waals surface area contributed by atoms with Crippen molar-refractivity contribution in [1.29, 1.82) is 0 Å². The van der Waals surface area contributed by atoms with Gasteiger partial charge in [0, 0.05) is 31.2 Å². The summed E-state index contributed by atoms with van der Waals surface area (Å²) >= 11 is 0. The maximum absolute atomic E-state index is 12.8. The van der Waals surface area contributed by atoms with Gasteiger partial charge in [-0.25, -0.2) is 8.42 Å². The number of halogens is 1. The highest BCUT2D eigenvalue weighted by Gasteiger charge is 2.33. The van der Waals surface area contributed by atoms with Gasteiger partial charge in [0.25, 0.3) is 5.91 Å². The standard InChI is InChI=1S/C17H24N4O4S.ClH/c1-12-7-13(9-18)10-21(12)17(23)14-3-2-4-15(8-14)26(24,25)20-6-5-19-16(22)11-20;/h2-4,8,12-13H,5-7,9-11,18H2,1H3,(H,19,22);1H. The van der Waals surface area contributed by atoms with Crippen molar-refractivity contribution in [2.45, 2.75) is 24.3 Å². The van der Waals surface area contributed by atoms with E-state index in [1.54, 1.807) is 17.0 Å². The van der Waals surface area contributed by atoms with E-state index in [4.69, 9.17) is 5.73 Å². The van der Waals surface area contributed by atoms with Crippen LogP contribution in [0.5, 0.6) is 0 Å². The van der Waals surface area contributed by atoms with E-state index in [1.807, 2.05) is 6.92 Å². The minimum atomic E-state index is -3.82. The first-order valence-corrected chi connectivity index (χ1v) is 10.1. The number of rotatable bonds is 4.